The molecule has 0 aromatic carbocycles. The molecule has 2 aliphatic rings. The van der Waals surface area contributed by atoms with E-state index >= 15 is 0 Å². The van der Waals surface area contributed by atoms with Gasteiger partial charge in [0.1, 0.15) is 12.4 Å². The molecule has 2 saturated heterocycles. The van der Waals surface area contributed by atoms with Gasteiger partial charge in [-0.1, -0.05) is 13.3 Å². The second-order valence-electron chi connectivity index (χ2n) is 7.31. The van der Waals surface area contributed by atoms with E-state index in [1.807, 2.05) is 12.4 Å². The number of pyridine rings is 1. The first-order valence-corrected chi connectivity index (χ1v) is 9.99. The maximum Gasteiger partial charge on any atom is 0.139 e. The van der Waals surface area contributed by atoms with E-state index in [0.717, 1.165) is 51.1 Å². The number of ether oxygens (including phenoxy) is 2. The van der Waals surface area contributed by atoms with E-state index in [4.69, 9.17) is 9.47 Å². The normalized spacial score (nSPS) is 21.2. The number of hydrogen-bond acceptors (Lipinski definition) is 5. The maximum atomic E-state index is 5.88. The lowest BCUT2D eigenvalue weighted by atomic mass is 9.94. The monoisotopic (exact) mass is 347 g/mol. The van der Waals surface area contributed by atoms with Gasteiger partial charge in [0.25, 0.3) is 0 Å². The van der Waals surface area contributed by atoms with Crippen LogP contribution in [0, 0.1) is 5.92 Å². The molecule has 1 atom stereocenters. The number of aromatic nitrogens is 1. The number of anilines is 1. The number of hydrogen-bond donors (Lipinski definition) is 1. The number of piperidine rings is 1. The predicted octanol–water partition coefficient (Wildman–Crippen LogP) is 3.25. The summed E-state index contributed by atoms with van der Waals surface area (Å²) < 4.78 is 11.6. The number of nitrogens with one attached hydrogen (secondary N) is 1. The molecule has 1 N–H and O–H groups in total. The SMILES string of the molecule is CCCCOCCC1CCN(c2cncc(OC[C@@H]3CCN3)c2)CC1. The van der Waals surface area contributed by atoms with Gasteiger partial charge in [0.15, 0.2) is 0 Å². The molecule has 25 heavy (non-hydrogen) atoms. The van der Waals surface area contributed by atoms with Crippen molar-refractivity contribution in [3.63, 3.8) is 0 Å². The van der Waals surface area contributed by atoms with Crippen molar-refractivity contribution in [3.05, 3.63) is 18.5 Å². The first-order chi connectivity index (χ1) is 12.3. The lowest BCUT2D eigenvalue weighted by Gasteiger charge is -2.33. The van der Waals surface area contributed by atoms with Gasteiger partial charge in [-0.15, -0.1) is 0 Å². The zero-order valence-electron chi connectivity index (χ0n) is 15.6. The van der Waals surface area contributed by atoms with E-state index in [2.05, 4.69) is 28.2 Å². The molecular weight excluding hydrogens is 314 g/mol. The standard InChI is InChI=1S/C20H33N3O2/c1-2-3-11-24-12-7-17-5-9-23(10-6-17)19-13-20(15-21-14-19)25-16-18-4-8-22-18/h13-15,17-18,22H,2-12,16H2,1H3/t18-/m0/s1. The van der Waals surface area contributed by atoms with Crippen molar-refractivity contribution >= 4 is 5.69 Å². The topological polar surface area (TPSA) is 46.6 Å². The minimum atomic E-state index is 0.513. The van der Waals surface area contributed by atoms with Crippen LogP contribution in [-0.4, -0.2) is 50.5 Å². The van der Waals surface area contributed by atoms with Crippen LogP contribution in [0.3, 0.4) is 0 Å². The molecule has 1 aromatic heterocycles. The van der Waals surface area contributed by atoms with E-state index in [0.29, 0.717) is 6.04 Å². The fraction of sp³-hybridized carbons (Fsp3) is 0.750. The minimum Gasteiger partial charge on any atom is -0.490 e. The first kappa shape index (κ1) is 18.5. The van der Waals surface area contributed by atoms with Crippen molar-refractivity contribution in [1.29, 1.82) is 0 Å². The second-order valence-corrected chi connectivity index (χ2v) is 7.31. The summed E-state index contributed by atoms with van der Waals surface area (Å²) in [5.74, 6) is 1.69. The van der Waals surface area contributed by atoms with Crippen LogP contribution in [0.4, 0.5) is 5.69 Å². The first-order valence-electron chi connectivity index (χ1n) is 9.99. The van der Waals surface area contributed by atoms with Gasteiger partial charge in [-0.3, -0.25) is 4.98 Å². The largest absolute Gasteiger partial charge is 0.490 e. The molecule has 0 aliphatic carbocycles. The Morgan fingerprint density at radius 3 is 2.76 bits per heavy atom. The van der Waals surface area contributed by atoms with Crippen molar-refractivity contribution in [1.82, 2.24) is 10.3 Å². The Labute approximate surface area is 152 Å². The molecule has 2 aliphatic heterocycles. The molecule has 0 radical (unpaired) electrons. The molecule has 0 bridgehead atoms. The van der Waals surface area contributed by atoms with Crippen LogP contribution >= 0.6 is 0 Å². The minimum absolute atomic E-state index is 0.513. The Bertz CT molecular complexity index is 499. The van der Waals surface area contributed by atoms with Crippen LogP contribution in [0.1, 0.15) is 45.4 Å². The summed E-state index contributed by atoms with van der Waals surface area (Å²) in [5.41, 5.74) is 1.19. The molecule has 3 heterocycles. The Kier molecular flexibility index (Phi) is 7.37. The average Bonchev–Trinajstić information content (AvgIpc) is 2.61. The van der Waals surface area contributed by atoms with Gasteiger partial charge in [-0.2, -0.15) is 0 Å². The highest BCUT2D eigenvalue weighted by Gasteiger charge is 2.20. The lowest BCUT2D eigenvalue weighted by Crippen LogP contribution is -2.46. The fourth-order valence-electron chi connectivity index (χ4n) is 3.43. The van der Waals surface area contributed by atoms with E-state index in [1.54, 1.807) is 0 Å². The zero-order valence-corrected chi connectivity index (χ0v) is 15.6. The Balaban J connectivity index is 1.38. The zero-order chi connectivity index (χ0) is 17.3. The summed E-state index contributed by atoms with van der Waals surface area (Å²) in [5, 5.41) is 3.36. The van der Waals surface area contributed by atoms with Gasteiger partial charge in [0.2, 0.25) is 0 Å². The second kappa shape index (κ2) is 9.97. The van der Waals surface area contributed by atoms with Crippen molar-refractivity contribution in [2.75, 3.05) is 44.4 Å². The molecule has 5 heteroatoms. The highest BCUT2D eigenvalue weighted by Crippen LogP contribution is 2.27. The van der Waals surface area contributed by atoms with Gasteiger partial charge < -0.3 is 19.7 Å². The maximum absolute atomic E-state index is 5.88. The van der Waals surface area contributed by atoms with Crippen LogP contribution in [0.15, 0.2) is 18.5 Å². The molecule has 0 spiro atoms. The summed E-state index contributed by atoms with van der Waals surface area (Å²) >= 11 is 0. The van der Waals surface area contributed by atoms with Gasteiger partial charge in [-0.05, 0) is 44.6 Å². The van der Waals surface area contributed by atoms with Crippen LogP contribution < -0.4 is 15.0 Å². The summed E-state index contributed by atoms with van der Waals surface area (Å²) in [6.07, 6.45) is 11.1. The Morgan fingerprint density at radius 2 is 2.04 bits per heavy atom. The molecule has 0 saturated carbocycles. The van der Waals surface area contributed by atoms with Crippen molar-refractivity contribution < 1.29 is 9.47 Å². The van der Waals surface area contributed by atoms with Gasteiger partial charge >= 0.3 is 0 Å². The molecule has 3 rings (SSSR count). The van der Waals surface area contributed by atoms with Gasteiger partial charge in [0.05, 0.1) is 18.1 Å². The van der Waals surface area contributed by atoms with Crippen LogP contribution in [0.25, 0.3) is 0 Å². The van der Waals surface area contributed by atoms with E-state index in [9.17, 15) is 0 Å². The Hall–Kier alpha value is -1.33. The predicted molar refractivity (Wildman–Crippen MR) is 101 cm³/mol. The van der Waals surface area contributed by atoms with Crippen LogP contribution in [0.2, 0.25) is 0 Å². The summed E-state index contributed by atoms with van der Waals surface area (Å²) in [7, 11) is 0. The summed E-state index contributed by atoms with van der Waals surface area (Å²) in [6, 6.07) is 2.65. The summed E-state index contributed by atoms with van der Waals surface area (Å²) in [4.78, 5) is 6.81. The molecule has 0 amide bonds. The highest BCUT2D eigenvalue weighted by molar-refractivity contribution is 5.48. The number of rotatable bonds is 10. The van der Waals surface area contributed by atoms with E-state index in [1.165, 1.54) is 44.2 Å². The van der Waals surface area contributed by atoms with E-state index < -0.39 is 0 Å². The van der Waals surface area contributed by atoms with Gasteiger partial charge in [0, 0.05) is 38.4 Å². The molecule has 0 unspecified atom stereocenters. The fourth-order valence-corrected chi connectivity index (χ4v) is 3.43. The Morgan fingerprint density at radius 1 is 1.20 bits per heavy atom. The van der Waals surface area contributed by atoms with Crippen molar-refractivity contribution in [3.8, 4) is 5.75 Å². The smallest absolute Gasteiger partial charge is 0.139 e. The average molecular weight is 348 g/mol. The van der Waals surface area contributed by atoms with Gasteiger partial charge in [-0.25, -0.2) is 0 Å². The van der Waals surface area contributed by atoms with Crippen molar-refractivity contribution in [2.45, 2.75) is 51.5 Å². The van der Waals surface area contributed by atoms with E-state index in [-0.39, 0.29) is 0 Å². The lowest BCUT2D eigenvalue weighted by molar-refractivity contribution is 0.113. The molecule has 2 fully saturated rings. The molecule has 140 valence electrons. The number of unbranched alkanes of at least 4 members (excludes halogenated alkanes) is 1. The van der Waals surface area contributed by atoms with Crippen LogP contribution in [-0.2, 0) is 4.74 Å². The third-order valence-corrected chi connectivity index (χ3v) is 5.37. The molecule has 1 aromatic rings. The number of nitrogens with zero attached hydrogens (tertiary/aromatic N) is 2. The third kappa shape index (κ3) is 5.86. The summed E-state index contributed by atoms with van der Waals surface area (Å²) in [6.45, 7) is 8.12. The highest BCUT2D eigenvalue weighted by atomic mass is 16.5. The molecule has 5 nitrogen and oxygen atoms in total. The third-order valence-electron chi connectivity index (χ3n) is 5.37. The van der Waals surface area contributed by atoms with Crippen LogP contribution in [0.5, 0.6) is 5.75 Å². The molecular formula is C20H33N3O2. The van der Waals surface area contributed by atoms with Crippen molar-refractivity contribution in [2.24, 2.45) is 5.92 Å². The quantitative estimate of drug-likeness (QED) is 0.658.